The van der Waals surface area contributed by atoms with Gasteiger partial charge in [-0.15, -0.1) is 0 Å². The maximum Gasteiger partial charge on any atom is 0.0992 e. The van der Waals surface area contributed by atoms with Crippen molar-refractivity contribution >= 4 is 65.4 Å². The number of fused-ring (bicyclic) bond motifs is 9. The molecule has 0 N–H and O–H groups in total. The number of rotatable bonds is 4. The molecule has 0 aliphatic heterocycles. The van der Waals surface area contributed by atoms with E-state index in [1.165, 1.54) is 10.8 Å². The molecular weight excluding hydrogens is 671 g/mol. The first-order valence-corrected chi connectivity index (χ1v) is 18.3. The van der Waals surface area contributed by atoms with Crippen LogP contribution in [0, 0.1) is 22.7 Å². The zero-order valence-corrected chi connectivity index (χ0v) is 29.5. The van der Waals surface area contributed by atoms with Gasteiger partial charge in [0.2, 0.25) is 0 Å². The fraction of sp³-hybridized carbons (Fsp3) is 0. The van der Waals surface area contributed by atoms with Crippen LogP contribution in [0.3, 0.4) is 0 Å². The van der Waals surface area contributed by atoms with Crippen molar-refractivity contribution in [1.82, 2.24) is 13.7 Å². The molecule has 0 saturated carbocycles. The predicted molar refractivity (Wildman–Crippen MR) is 224 cm³/mol. The summed E-state index contributed by atoms with van der Waals surface area (Å²) in [5.41, 5.74) is 12.8. The van der Waals surface area contributed by atoms with E-state index in [0.717, 1.165) is 82.8 Å². The van der Waals surface area contributed by atoms with Gasteiger partial charge < -0.3 is 13.7 Å². The number of hydrogen-bond acceptors (Lipinski definition) is 2. The van der Waals surface area contributed by atoms with Crippen LogP contribution in [0.4, 0.5) is 0 Å². The van der Waals surface area contributed by atoms with E-state index >= 15 is 0 Å². The molecule has 0 aliphatic carbocycles. The van der Waals surface area contributed by atoms with Crippen molar-refractivity contribution in [3.05, 3.63) is 187 Å². The Hall–Kier alpha value is -7.86. The van der Waals surface area contributed by atoms with Gasteiger partial charge in [0, 0.05) is 43.6 Å². The highest BCUT2D eigenvalue weighted by Gasteiger charge is 2.22. The van der Waals surface area contributed by atoms with Crippen LogP contribution in [-0.2, 0) is 0 Å². The molecule has 0 atom stereocenters. The Balaban J connectivity index is 1.21. The smallest absolute Gasteiger partial charge is 0.0992 e. The summed E-state index contributed by atoms with van der Waals surface area (Å²) < 4.78 is 7.02. The largest absolute Gasteiger partial charge is 0.309 e. The van der Waals surface area contributed by atoms with Crippen molar-refractivity contribution in [2.24, 2.45) is 0 Å². The van der Waals surface area contributed by atoms with Crippen LogP contribution < -0.4 is 0 Å². The standard InChI is InChI=1S/C50H29N5/c51-30-32-24-26-47-42(27-32)40-16-4-5-18-43(40)53(47)35-12-9-11-34(29-35)36-25-23-33(31-52)28-49(36)55-46-21-8-3-15-39(46)41-17-10-22-48(50(41)55)54-44-19-6-1-13-37(44)38-14-2-7-20-45(38)54/h1-29H. The molecule has 0 spiro atoms. The molecule has 11 aromatic rings. The summed E-state index contributed by atoms with van der Waals surface area (Å²) in [7, 11) is 0. The molecule has 11 rings (SSSR count). The van der Waals surface area contributed by atoms with Gasteiger partial charge in [0.05, 0.1) is 67.7 Å². The first-order valence-electron chi connectivity index (χ1n) is 18.3. The van der Waals surface area contributed by atoms with E-state index in [0.29, 0.717) is 11.1 Å². The molecule has 55 heavy (non-hydrogen) atoms. The molecule has 5 heteroatoms. The third-order valence-electron chi connectivity index (χ3n) is 11.1. The zero-order chi connectivity index (χ0) is 36.6. The van der Waals surface area contributed by atoms with Crippen LogP contribution in [0.2, 0.25) is 0 Å². The second-order valence-corrected chi connectivity index (χ2v) is 14.0. The molecule has 0 aliphatic rings. The Morgan fingerprint density at radius 3 is 1.53 bits per heavy atom. The number of nitriles is 2. The Kier molecular flexibility index (Phi) is 6.61. The number of hydrogen-bond donors (Lipinski definition) is 0. The summed E-state index contributed by atoms with van der Waals surface area (Å²) in [6.07, 6.45) is 0. The van der Waals surface area contributed by atoms with Gasteiger partial charge in [-0.05, 0) is 78.4 Å². The molecule has 254 valence electrons. The van der Waals surface area contributed by atoms with Crippen LogP contribution in [0.1, 0.15) is 11.1 Å². The van der Waals surface area contributed by atoms with Crippen molar-refractivity contribution in [3.63, 3.8) is 0 Å². The highest BCUT2D eigenvalue weighted by atomic mass is 15.1. The average molecular weight is 700 g/mol. The highest BCUT2D eigenvalue weighted by molar-refractivity contribution is 6.15. The Labute approximate surface area is 316 Å². The Morgan fingerprint density at radius 1 is 0.345 bits per heavy atom. The number of nitrogens with zero attached hydrogens (tertiary/aromatic N) is 5. The number of aromatic nitrogens is 3. The molecule has 0 fully saturated rings. The highest BCUT2D eigenvalue weighted by Crippen LogP contribution is 2.42. The summed E-state index contributed by atoms with van der Waals surface area (Å²) in [6.45, 7) is 0. The van der Waals surface area contributed by atoms with E-state index < -0.39 is 0 Å². The minimum Gasteiger partial charge on any atom is -0.309 e. The van der Waals surface area contributed by atoms with Crippen molar-refractivity contribution in [2.45, 2.75) is 0 Å². The zero-order valence-electron chi connectivity index (χ0n) is 29.5. The van der Waals surface area contributed by atoms with Crippen molar-refractivity contribution < 1.29 is 0 Å². The molecular formula is C50H29N5. The Bertz CT molecular complexity index is 3420. The lowest BCUT2D eigenvalue weighted by atomic mass is 10.0. The second kappa shape index (κ2) is 11.8. The maximum atomic E-state index is 10.3. The molecule has 0 radical (unpaired) electrons. The molecule has 8 aromatic carbocycles. The molecule has 3 heterocycles. The lowest BCUT2D eigenvalue weighted by molar-refractivity contribution is 1.13. The molecule has 0 unspecified atom stereocenters. The summed E-state index contributed by atoms with van der Waals surface area (Å²) >= 11 is 0. The normalized spacial score (nSPS) is 11.6. The van der Waals surface area contributed by atoms with Crippen molar-refractivity contribution in [2.75, 3.05) is 0 Å². The minimum absolute atomic E-state index is 0.589. The van der Waals surface area contributed by atoms with E-state index in [1.807, 2.05) is 36.4 Å². The first kappa shape index (κ1) is 30.7. The molecule has 5 nitrogen and oxygen atoms in total. The van der Waals surface area contributed by atoms with Gasteiger partial charge in [-0.3, -0.25) is 0 Å². The van der Waals surface area contributed by atoms with Crippen molar-refractivity contribution in [1.29, 1.82) is 10.5 Å². The second-order valence-electron chi connectivity index (χ2n) is 14.0. The summed E-state index contributed by atoms with van der Waals surface area (Å²) in [4.78, 5) is 0. The third kappa shape index (κ3) is 4.45. The van der Waals surface area contributed by atoms with E-state index in [9.17, 15) is 10.5 Å². The van der Waals surface area contributed by atoms with Gasteiger partial charge in [-0.1, -0.05) is 103 Å². The van der Waals surface area contributed by atoms with Gasteiger partial charge >= 0.3 is 0 Å². The van der Waals surface area contributed by atoms with Crippen LogP contribution >= 0.6 is 0 Å². The molecule has 3 aromatic heterocycles. The monoisotopic (exact) mass is 699 g/mol. The van der Waals surface area contributed by atoms with E-state index in [1.54, 1.807) is 0 Å². The molecule has 0 bridgehead atoms. The number of benzene rings is 8. The van der Waals surface area contributed by atoms with Gasteiger partial charge in [-0.2, -0.15) is 10.5 Å². The molecule has 0 saturated heterocycles. The quantitative estimate of drug-likeness (QED) is 0.184. The van der Waals surface area contributed by atoms with E-state index in [2.05, 4.69) is 165 Å². The first-order chi connectivity index (χ1) is 27.2. The fourth-order valence-electron chi connectivity index (χ4n) is 8.78. The van der Waals surface area contributed by atoms with Gasteiger partial charge in [0.15, 0.2) is 0 Å². The number of para-hydroxylation sites is 5. The topological polar surface area (TPSA) is 62.4 Å². The maximum absolute atomic E-state index is 10.3. The van der Waals surface area contributed by atoms with E-state index in [4.69, 9.17) is 0 Å². The summed E-state index contributed by atoms with van der Waals surface area (Å²) in [5, 5.41) is 26.9. The third-order valence-corrected chi connectivity index (χ3v) is 11.1. The van der Waals surface area contributed by atoms with E-state index in [-0.39, 0.29) is 0 Å². The summed E-state index contributed by atoms with van der Waals surface area (Å²) in [6, 6.07) is 66.0. The van der Waals surface area contributed by atoms with Gasteiger partial charge in [0.1, 0.15) is 0 Å². The van der Waals surface area contributed by atoms with Crippen LogP contribution in [0.15, 0.2) is 176 Å². The lowest BCUT2D eigenvalue weighted by Crippen LogP contribution is -2.03. The predicted octanol–water partition coefficient (Wildman–Crippen LogP) is 12.4. The SMILES string of the molecule is N#Cc1ccc(-c2cccc(-n3c4ccccc4c4cc(C#N)ccc43)c2)c(-n2c3ccccc3c3cccc(-n4c5ccccc5c5ccccc54)c32)c1. The Morgan fingerprint density at radius 2 is 0.855 bits per heavy atom. The van der Waals surface area contributed by atoms with Crippen LogP contribution in [-0.4, -0.2) is 13.7 Å². The summed E-state index contributed by atoms with van der Waals surface area (Å²) in [5.74, 6) is 0. The minimum atomic E-state index is 0.589. The fourth-order valence-corrected chi connectivity index (χ4v) is 8.78. The van der Waals surface area contributed by atoms with Gasteiger partial charge in [-0.25, -0.2) is 0 Å². The van der Waals surface area contributed by atoms with Crippen LogP contribution in [0.5, 0.6) is 0 Å². The van der Waals surface area contributed by atoms with Gasteiger partial charge in [0.25, 0.3) is 0 Å². The molecule has 0 amide bonds. The van der Waals surface area contributed by atoms with Crippen molar-refractivity contribution in [3.8, 4) is 40.3 Å². The average Bonchev–Trinajstić information content (AvgIpc) is 3.89. The van der Waals surface area contributed by atoms with Crippen LogP contribution in [0.25, 0.3) is 93.6 Å². The lowest BCUT2D eigenvalue weighted by Gasteiger charge is -2.18.